The molecule has 2 aromatic rings. The SMILES string of the molecule is CNCCCc1ccc(S(=O)(=O)Nc2nccs2)cc1. The van der Waals surface area contributed by atoms with Gasteiger partial charge in [0.25, 0.3) is 10.0 Å². The van der Waals surface area contributed by atoms with Crippen LogP contribution in [-0.2, 0) is 16.4 Å². The number of anilines is 1. The maximum Gasteiger partial charge on any atom is 0.263 e. The molecule has 2 N–H and O–H groups in total. The molecule has 0 unspecified atom stereocenters. The van der Waals surface area contributed by atoms with Crippen molar-refractivity contribution in [1.29, 1.82) is 0 Å². The van der Waals surface area contributed by atoms with Crippen LogP contribution in [0.1, 0.15) is 12.0 Å². The number of sulfonamides is 1. The zero-order chi connectivity index (χ0) is 14.4. The average Bonchev–Trinajstić information content (AvgIpc) is 2.92. The van der Waals surface area contributed by atoms with E-state index in [1.54, 1.807) is 23.7 Å². The van der Waals surface area contributed by atoms with Crippen molar-refractivity contribution in [3.05, 3.63) is 41.4 Å². The number of hydrogen-bond acceptors (Lipinski definition) is 5. The molecule has 0 aliphatic rings. The summed E-state index contributed by atoms with van der Waals surface area (Å²) in [5.41, 5.74) is 1.13. The maximum atomic E-state index is 12.1. The van der Waals surface area contributed by atoms with Gasteiger partial charge in [0, 0.05) is 11.6 Å². The van der Waals surface area contributed by atoms with Crippen molar-refractivity contribution in [2.24, 2.45) is 0 Å². The second-order valence-corrected chi connectivity index (χ2v) is 6.87. The highest BCUT2D eigenvalue weighted by Gasteiger charge is 2.14. The molecule has 7 heteroatoms. The van der Waals surface area contributed by atoms with Gasteiger partial charge in [-0.15, -0.1) is 11.3 Å². The number of benzene rings is 1. The van der Waals surface area contributed by atoms with Crippen molar-refractivity contribution in [2.75, 3.05) is 18.3 Å². The van der Waals surface area contributed by atoms with E-state index in [4.69, 9.17) is 0 Å². The van der Waals surface area contributed by atoms with Gasteiger partial charge >= 0.3 is 0 Å². The predicted molar refractivity (Wildman–Crippen MR) is 81.6 cm³/mol. The Morgan fingerprint density at radius 2 is 2.00 bits per heavy atom. The first-order valence-electron chi connectivity index (χ1n) is 6.28. The van der Waals surface area contributed by atoms with Gasteiger partial charge in [-0.1, -0.05) is 12.1 Å². The first-order valence-corrected chi connectivity index (χ1v) is 8.64. The van der Waals surface area contributed by atoms with Gasteiger partial charge in [-0.3, -0.25) is 4.72 Å². The van der Waals surface area contributed by atoms with Crippen molar-refractivity contribution in [3.8, 4) is 0 Å². The summed E-state index contributed by atoms with van der Waals surface area (Å²) in [5.74, 6) is 0. The second-order valence-electron chi connectivity index (χ2n) is 4.29. The summed E-state index contributed by atoms with van der Waals surface area (Å²) in [5, 5.41) is 5.19. The monoisotopic (exact) mass is 311 g/mol. The fraction of sp³-hybridized carbons (Fsp3) is 0.308. The Morgan fingerprint density at radius 3 is 2.60 bits per heavy atom. The quantitative estimate of drug-likeness (QED) is 0.768. The van der Waals surface area contributed by atoms with Crippen LogP contribution < -0.4 is 10.0 Å². The van der Waals surface area contributed by atoms with E-state index in [2.05, 4.69) is 15.0 Å². The van der Waals surface area contributed by atoms with Crippen molar-refractivity contribution in [3.63, 3.8) is 0 Å². The normalized spacial score (nSPS) is 11.4. The molecule has 0 atom stereocenters. The van der Waals surface area contributed by atoms with E-state index in [-0.39, 0.29) is 4.90 Å². The first kappa shape index (κ1) is 15.0. The van der Waals surface area contributed by atoms with Gasteiger partial charge in [-0.25, -0.2) is 13.4 Å². The van der Waals surface area contributed by atoms with Gasteiger partial charge in [0.1, 0.15) is 0 Å². The Kier molecular flexibility index (Phi) is 5.11. The third kappa shape index (κ3) is 4.03. The number of nitrogens with zero attached hydrogens (tertiary/aromatic N) is 1. The minimum absolute atomic E-state index is 0.255. The summed E-state index contributed by atoms with van der Waals surface area (Å²) in [6.45, 7) is 0.950. The minimum atomic E-state index is -3.54. The van der Waals surface area contributed by atoms with Crippen LogP contribution in [0.15, 0.2) is 40.7 Å². The molecule has 2 rings (SSSR count). The summed E-state index contributed by atoms with van der Waals surface area (Å²) >= 11 is 1.25. The van der Waals surface area contributed by atoms with E-state index in [1.165, 1.54) is 11.3 Å². The van der Waals surface area contributed by atoms with Crippen molar-refractivity contribution in [1.82, 2.24) is 10.3 Å². The van der Waals surface area contributed by atoms with Crippen LogP contribution in [0.2, 0.25) is 0 Å². The topological polar surface area (TPSA) is 71.1 Å². The number of aryl methyl sites for hydroxylation is 1. The highest BCUT2D eigenvalue weighted by atomic mass is 32.2. The predicted octanol–water partition coefficient (Wildman–Crippen LogP) is 2.10. The molecule has 0 radical (unpaired) electrons. The summed E-state index contributed by atoms with van der Waals surface area (Å²) in [4.78, 5) is 4.17. The van der Waals surface area contributed by atoms with Crippen LogP contribution in [0.25, 0.3) is 0 Å². The van der Waals surface area contributed by atoms with Gasteiger partial charge in [0.15, 0.2) is 5.13 Å². The number of hydrogen-bond donors (Lipinski definition) is 2. The summed E-state index contributed by atoms with van der Waals surface area (Å²) < 4.78 is 26.7. The van der Waals surface area contributed by atoms with E-state index >= 15 is 0 Å². The Balaban J connectivity index is 2.05. The lowest BCUT2D eigenvalue weighted by Gasteiger charge is -2.06. The minimum Gasteiger partial charge on any atom is -0.320 e. The highest BCUT2D eigenvalue weighted by molar-refractivity contribution is 7.93. The molecule has 0 aliphatic carbocycles. The van der Waals surface area contributed by atoms with Crippen LogP contribution in [0.5, 0.6) is 0 Å². The number of rotatable bonds is 7. The molecule has 0 fully saturated rings. The maximum absolute atomic E-state index is 12.1. The standard InChI is InChI=1S/C13H17N3O2S2/c1-14-8-2-3-11-4-6-12(7-5-11)20(17,18)16-13-15-9-10-19-13/h4-7,9-10,14H,2-3,8H2,1H3,(H,15,16). The first-order chi connectivity index (χ1) is 9.62. The van der Waals surface area contributed by atoms with Crippen molar-refractivity contribution < 1.29 is 8.42 Å². The van der Waals surface area contributed by atoms with E-state index in [0.717, 1.165) is 24.9 Å². The van der Waals surface area contributed by atoms with Gasteiger partial charge in [-0.05, 0) is 44.1 Å². The van der Waals surface area contributed by atoms with Crippen molar-refractivity contribution >= 4 is 26.5 Å². The van der Waals surface area contributed by atoms with E-state index in [0.29, 0.717) is 5.13 Å². The van der Waals surface area contributed by atoms with Crippen LogP contribution in [0.3, 0.4) is 0 Å². The molecule has 1 heterocycles. The third-order valence-electron chi connectivity index (χ3n) is 2.78. The molecule has 0 saturated heterocycles. The molecule has 5 nitrogen and oxygen atoms in total. The lowest BCUT2D eigenvalue weighted by atomic mass is 10.1. The Labute approximate surface area is 123 Å². The number of thiazole rings is 1. The van der Waals surface area contributed by atoms with E-state index in [9.17, 15) is 8.42 Å². The van der Waals surface area contributed by atoms with Crippen molar-refractivity contribution in [2.45, 2.75) is 17.7 Å². The van der Waals surface area contributed by atoms with E-state index in [1.807, 2.05) is 19.2 Å². The molecule has 0 amide bonds. The summed E-state index contributed by atoms with van der Waals surface area (Å²) in [6.07, 6.45) is 3.52. The Bertz CT molecular complexity index is 622. The van der Waals surface area contributed by atoms with Gasteiger partial charge in [0.2, 0.25) is 0 Å². The van der Waals surface area contributed by atoms with Gasteiger partial charge < -0.3 is 5.32 Å². The molecule has 20 heavy (non-hydrogen) atoms. The lowest BCUT2D eigenvalue weighted by Crippen LogP contribution is -2.12. The Morgan fingerprint density at radius 1 is 1.25 bits per heavy atom. The fourth-order valence-corrected chi connectivity index (χ4v) is 3.54. The molecular formula is C13H17N3O2S2. The number of aromatic nitrogens is 1. The van der Waals surface area contributed by atoms with E-state index < -0.39 is 10.0 Å². The zero-order valence-corrected chi connectivity index (χ0v) is 12.8. The molecule has 0 spiro atoms. The third-order valence-corrected chi connectivity index (χ3v) is 4.95. The lowest BCUT2D eigenvalue weighted by molar-refractivity contribution is 0.601. The smallest absolute Gasteiger partial charge is 0.263 e. The highest BCUT2D eigenvalue weighted by Crippen LogP contribution is 2.18. The van der Waals surface area contributed by atoms with Crippen LogP contribution in [0, 0.1) is 0 Å². The molecule has 1 aromatic carbocycles. The number of nitrogens with one attached hydrogen (secondary N) is 2. The second kappa shape index (κ2) is 6.83. The molecule has 0 aliphatic heterocycles. The molecular weight excluding hydrogens is 294 g/mol. The van der Waals surface area contributed by atoms with Gasteiger partial charge in [0.05, 0.1) is 4.90 Å². The van der Waals surface area contributed by atoms with Gasteiger partial charge in [-0.2, -0.15) is 0 Å². The summed E-state index contributed by atoms with van der Waals surface area (Å²) in [7, 11) is -1.62. The molecule has 1 aromatic heterocycles. The van der Waals surface area contributed by atoms with Crippen LogP contribution >= 0.6 is 11.3 Å². The Hall–Kier alpha value is -1.44. The van der Waals surface area contributed by atoms with Crippen LogP contribution in [-0.4, -0.2) is 27.0 Å². The van der Waals surface area contributed by atoms with Crippen LogP contribution in [0.4, 0.5) is 5.13 Å². The molecule has 0 bridgehead atoms. The fourth-order valence-electron chi connectivity index (χ4n) is 1.75. The summed E-state index contributed by atoms with van der Waals surface area (Å²) in [6, 6.07) is 6.97. The largest absolute Gasteiger partial charge is 0.320 e. The molecule has 0 saturated carbocycles. The average molecular weight is 311 g/mol. The zero-order valence-electron chi connectivity index (χ0n) is 11.2. The molecule has 108 valence electrons.